The van der Waals surface area contributed by atoms with Gasteiger partial charge in [0, 0.05) is 50.8 Å². The molecule has 2 fully saturated rings. The minimum Gasteiger partial charge on any atom is -0.378 e. The largest absolute Gasteiger partial charge is 0.378 e. The van der Waals surface area contributed by atoms with Crippen LogP contribution in [0.1, 0.15) is 5.56 Å². The van der Waals surface area contributed by atoms with Crippen LogP contribution in [0.2, 0.25) is 5.02 Å². The fraction of sp³-hybridized carbons (Fsp3) is 0.556. The summed E-state index contributed by atoms with van der Waals surface area (Å²) in [5.41, 5.74) is 1.02. The molecule has 1 aromatic carbocycles. The van der Waals surface area contributed by atoms with E-state index >= 15 is 0 Å². The molecule has 26 heavy (non-hydrogen) atoms. The number of hydrogen-bond donors (Lipinski definition) is 1. The third kappa shape index (κ3) is 5.33. The fourth-order valence-electron chi connectivity index (χ4n) is 3.11. The highest BCUT2D eigenvalue weighted by Gasteiger charge is 2.26. The first-order valence-corrected chi connectivity index (χ1v) is 9.35. The van der Waals surface area contributed by atoms with Crippen molar-refractivity contribution in [1.29, 1.82) is 0 Å². The zero-order valence-electron chi connectivity index (χ0n) is 14.8. The molecule has 0 spiro atoms. The molecule has 0 aromatic heterocycles. The number of nitrogens with one attached hydrogen (secondary N) is 1. The molecule has 1 N–H and O–H groups in total. The topological polar surface area (TPSA) is 65.1 Å². The van der Waals surface area contributed by atoms with Gasteiger partial charge in [0.2, 0.25) is 5.91 Å². The van der Waals surface area contributed by atoms with Crippen molar-refractivity contribution >= 4 is 23.5 Å². The normalized spacial score (nSPS) is 18.7. The van der Waals surface area contributed by atoms with Gasteiger partial charge in [-0.2, -0.15) is 0 Å². The number of ether oxygens (including phenoxy) is 1. The molecule has 0 atom stereocenters. The number of urea groups is 1. The molecule has 2 aliphatic rings. The Balaban J connectivity index is 1.37. The van der Waals surface area contributed by atoms with Gasteiger partial charge in [0.25, 0.3) is 0 Å². The molecule has 0 unspecified atom stereocenters. The van der Waals surface area contributed by atoms with Gasteiger partial charge < -0.3 is 19.9 Å². The molecular formula is C18H25ClN4O3. The van der Waals surface area contributed by atoms with Crippen LogP contribution in [-0.4, -0.2) is 85.7 Å². The van der Waals surface area contributed by atoms with Crippen LogP contribution in [0.5, 0.6) is 0 Å². The van der Waals surface area contributed by atoms with Crippen LogP contribution in [0.15, 0.2) is 24.3 Å². The van der Waals surface area contributed by atoms with Crippen molar-refractivity contribution < 1.29 is 14.3 Å². The average molecular weight is 381 g/mol. The molecule has 2 heterocycles. The summed E-state index contributed by atoms with van der Waals surface area (Å²) in [7, 11) is 0. The number of morpholine rings is 1. The van der Waals surface area contributed by atoms with Crippen LogP contribution in [0.25, 0.3) is 0 Å². The maximum absolute atomic E-state index is 12.5. The second-order valence-corrected chi connectivity index (χ2v) is 6.98. The zero-order chi connectivity index (χ0) is 18.4. The highest BCUT2D eigenvalue weighted by Crippen LogP contribution is 2.10. The molecule has 0 radical (unpaired) electrons. The number of rotatable bonds is 4. The molecule has 0 bridgehead atoms. The predicted molar refractivity (Wildman–Crippen MR) is 99.1 cm³/mol. The average Bonchev–Trinajstić information content (AvgIpc) is 2.68. The first-order chi connectivity index (χ1) is 12.6. The first-order valence-electron chi connectivity index (χ1n) is 8.97. The van der Waals surface area contributed by atoms with Crippen molar-refractivity contribution in [2.24, 2.45) is 0 Å². The number of carbonyl (C=O) groups excluding carboxylic acids is 2. The van der Waals surface area contributed by atoms with E-state index in [-0.39, 0.29) is 11.9 Å². The Kier molecular flexibility index (Phi) is 6.71. The number of halogens is 1. The maximum atomic E-state index is 12.5. The minimum absolute atomic E-state index is 0.00657. The Morgan fingerprint density at radius 2 is 1.58 bits per heavy atom. The van der Waals surface area contributed by atoms with Crippen LogP contribution in [0.4, 0.5) is 4.79 Å². The van der Waals surface area contributed by atoms with Gasteiger partial charge >= 0.3 is 6.03 Å². The van der Waals surface area contributed by atoms with Crippen LogP contribution in [0.3, 0.4) is 0 Å². The first kappa shape index (κ1) is 18.9. The number of piperazine rings is 1. The van der Waals surface area contributed by atoms with Crippen LogP contribution in [-0.2, 0) is 16.1 Å². The Morgan fingerprint density at radius 1 is 0.962 bits per heavy atom. The van der Waals surface area contributed by atoms with Crippen molar-refractivity contribution in [3.8, 4) is 0 Å². The van der Waals surface area contributed by atoms with Gasteiger partial charge in [0.15, 0.2) is 0 Å². The molecule has 3 rings (SSSR count). The van der Waals surface area contributed by atoms with Crippen molar-refractivity contribution in [1.82, 2.24) is 20.0 Å². The van der Waals surface area contributed by atoms with E-state index in [4.69, 9.17) is 16.3 Å². The summed E-state index contributed by atoms with van der Waals surface area (Å²) in [5.74, 6) is -0.00657. The molecular weight excluding hydrogens is 356 g/mol. The van der Waals surface area contributed by atoms with Crippen LogP contribution < -0.4 is 5.32 Å². The van der Waals surface area contributed by atoms with Crippen LogP contribution in [0, 0.1) is 0 Å². The molecule has 142 valence electrons. The summed E-state index contributed by atoms with van der Waals surface area (Å²) in [6.07, 6.45) is 0. The molecule has 1 aromatic rings. The molecule has 7 nitrogen and oxygen atoms in total. The van der Waals surface area contributed by atoms with Gasteiger partial charge in [0.1, 0.15) is 0 Å². The second-order valence-electron chi connectivity index (χ2n) is 6.55. The van der Waals surface area contributed by atoms with E-state index in [0.29, 0.717) is 70.6 Å². The van der Waals surface area contributed by atoms with Gasteiger partial charge in [-0.15, -0.1) is 0 Å². The molecule has 8 heteroatoms. The second kappa shape index (κ2) is 9.21. The standard InChI is InChI=1S/C18H25ClN4O3/c19-16-3-1-15(2-4-16)13-20-17(24)14-21-5-7-22(8-6-21)18(25)23-9-11-26-12-10-23/h1-4H,5-14H2,(H,20,24). The predicted octanol–water partition coefficient (Wildman–Crippen LogP) is 1.03. The zero-order valence-corrected chi connectivity index (χ0v) is 15.6. The van der Waals surface area contributed by atoms with E-state index in [1.807, 2.05) is 34.1 Å². The van der Waals surface area contributed by atoms with E-state index in [1.165, 1.54) is 0 Å². The van der Waals surface area contributed by atoms with Gasteiger partial charge in [-0.25, -0.2) is 4.79 Å². The number of nitrogens with zero attached hydrogens (tertiary/aromatic N) is 3. The summed E-state index contributed by atoms with van der Waals surface area (Å²) >= 11 is 5.86. The van der Waals surface area contributed by atoms with E-state index in [2.05, 4.69) is 10.2 Å². The Labute approximate surface area is 158 Å². The lowest BCUT2D eigenvalue weighted by molar-refractivity contribution is -0.122. The SMILES string of the molecule is O=C(CN1CCN(C(=O)N2CCOCC2)CC1)NCc1ccc(Cl)cc1. The Morgan fingerprint density at radius 3 is 2.23 bits per heavy atom. The van der Waals surface area contributed by atoms with E-state index in [1.54, 1.807) is 0 Å². The highest BCUT2D eigenvalue weighted by molar-refractivity contribution is 6.30. The summed E-state index contributed by atoms with van der Waals surface area (Å²) in [6.45, 7) is 6.12. The molecule has 0 saturated carbocycles. The van der Waals surface area contributed by atoms with E-state index in [0.717, 1.165) is 5.56 Å². The Hall–Kier alpha value is -1.83. The van der Waals surface area contributed by atoms with Crippen LogP contribution >= 0.6 is 11.6 Å². The van der Waals surface area contributed by atoms with Crippen molar-refractivity contribution in [3.05, 3.63) is 34.9 Å². The number of benzene rings is 1. The molecule has 3 amide bonds. The maximum Gasteiger partial charge on any atom is 0.320 e. The third-order valence-corrected chi connectivity index (χ3v) is 4.95. The number of hydrogen-bond acceptors (Lipinski definition) is 4. The van der Waals surface area contributed by atoms with Gasteiger partial charge in [-0.1, -0.05) is 23.7 Å². The number of carbonyl (C=O) groups is 2. The summed E-state index contributed by atoms with van der Waals surface area (Å²) in [6, 6.07) is 7.51. The van der Waals surface area contributed by atoms with Gasteiger partial charge in [-0.05, 0) is 17.7 Å². The van der Waals surface area contributed by atoms with Gasteiger partial charge in [-0.3, -0.25) is 9.69 Å². The molecule has 2 aliphatic heterocycles. The van der Waals surface area contributed by atoms with Gasteiger partial charge in [0.05, 0.1) is 19.8 Å². The highest BCUT2D eigenvalue weighted by atomic mass is 35.5. The van der Waals surface area contributed by atoms with E-state index < -0.39 is 0 Å². The third-order valence-electron chi connectivity index (χ3n) is 4.69. The van der Waals surface area contributed by atoms with E-state index in [9.17, 15) is 9.59 Å². The fourth-order valence-corrected chi connectivity index (χ4v) is 3.24. The summed E-state index contributed by atoms with van der Waals surface area (Å²) < 4.78 is 5.29. The van der Waals surface area contributed by atoms with Crippen molar-refractivity contribution in [2.75, 3.05) is 59.0 Å². The minimum atomic E-state index is -0.00657. The monoisotopic (exact) mass is 380 g/mol. The lowest BCUT2D eigenvalue weighted by Gasteiger charge is -2.38. The lowest BCUT2D eigenvalue weighted by Crippen LogP contribution is -2.55. The summed E-state index contributed by atoms with van der Waals surface area (Å²) in [5, 5.41) is 3.61. The van der Waals surface area contributed by atoms with Crippen molar-refractivity contribution in [2.45, 2.75) is 6.54 Å². The van der Waals surface area contributed by atoms with Crippen molar-refractivity contribution in [3.63, 3.8) is 0 Å². The molecule has 0 aliphatic carbocycles. The smallest absolute Gasteiger partial charge is 0.320 e. The lowest BCUT2D eigenvalue weighted by atomic mass is 10.2. The number of amides is 3. The quantitative estimate of drug-likeness (QED) is 0.847. The molecule has 2 saturated heterocycles. The Bertz CT molecular complexity index is 611. The summed E-state index contributed by atoms with van der Waals surface area (Å²) in [4.78, 5) is 30.4.